The minimum Gasteiger partial charge on any atom is -0.336 e. The summed E-state index contributed by atoms with van der Waals surface area (Å²) in [7, 11) is 0. The number of amides is 1. The number of para-hydroxylation sites is 2. The molecule has 2 heterocycles. The van der Waals surface area contributed by atoms with Crippen LogP contribution in [0.4, 0.5) is 13.2 Å². The third-order valence-electron chi connectivity index (χ3n) is 5.33. The molecule has 0 radical (unpaired) electrons. The summed E-state index contributed by atoms with van der Waals surface area (Å²) < 4.78 is 38.1. The average Bonchev–Trinajstić information content (AvgIpc) is 2.74. The van der Waals surface area contributed by atoms with Gasteiger partial charge in [0.05, 0.1) is 28.0 Å². The number of alkyl halides is 3. The molecule has 1 aliphatic heterocycles. The van der Waals surface area contributed by atoms with Crippen LogP contribution in [0, 0.1) is 6.92 Å². The van der Waals surface area contributed by atoms with E-state index in [-0.39, 0.29) is 11.5 Å². The number of benzene rings is 2. The molecule has 1 aromatic heterocycles. The first-order valence-corrected chi connectivity index (χ1v) is 9.72. The van der Waals surface area contributed by atoms with Crippen molar-refractivity contribution in [2.75, 3.05) is 26.2 Å². The summed E-state index contributed by atoms with van der Waals surface area (Å²) in [6, 6.07) is 12.1. The first kappa shape index (κ1) is 20.3. The van der Waals surface area contributed by atoms with Crippen LogP contribution in [0.3, 0.4) is 0 Å². The second-order valence-corrected chi connectivity index (χ2v) is 7.39. The maximum Gasteiger partial charge on any atom is 0.416 e. The van der Waals surface area contributed by atoms with Gasteiger partial charge in [0.2, 0.25) is 0 Å². The standard InChI is InChI=1S/C22H21F3N4O/c1-15-20(27-19-5-3-2-4-18(19)26-15)14-28-10-12-29(13-11-28)21(30)16-6-8-17(9-7-16)22(23,24)25/h2-9H,10-14H2,1H3. The normalized spacial score (nSPS) is 15.5. The molecule has 1 amide bonds. The predicted molar refractivity (Wildman–Crippen MR) is 107 cm³/mol. The van der Waals surface area contributed by atoms with Gasteiger partial charge in [-0.2, -0.15) is 13.2 Å². The number of aryl methyl sites for hydroxylation is 1. The first-order chi connectivity index (χ1) is 14.3. The van der Waals surface area contributed by atoms with Crippen molar-refractivity contribution in [2.45, 2.75) is 19.6 Å². The highest BCUT2D eigenvalue weighted by Gasteiger charge is 2.30. The van der Waals surface area contributed by atoms with Crippen LogP contribution in [0.2, 0.25) is 0 Å². The van der Waals surface area contributed by atoms with Crippen LogP contribution < -0.4 is 0 Å². The molecule has 0 N–H and O–H groups in total. The Morgan fingerprint density at radius 3 is 2.13 bits per heavy atom. The quantitative estimate of drug-likeness (QED) is 0.652. The third-order valence-corrected chi connectivity index (χ3v) is 5.33. The summed E-state index contributed by atoms with van der Waals surface area (Å²) in [5.74, 6) is -0.245. The smallest absolute Gasteiger partial charge is 0.336 e. The van der Waals surface area contributed by atoms with Gasteiger partial charge in [-0.3, -0.25) is 9.69 Å². The van der Waals surface area contributed by atoms with Crippen LogP contribution in [0.15, 0.2) is 48.5 Å². The maximum atomic E-state index is 12.7. The molecule has 3 aromatic rings. The van der Waals surface area contributed by atoms with E-state index in [0.717, 1.165) is 34.6 Å². The Morgan fingerprint density at radius 2 is 1.53 bits per heavy atom. The van der Waals surface area contributed by atoms with Crippen LogP contribution >= 0.6 is 0 Å². The van der Waals surface area contributed by atoms with Crippen molar-refractivity contribution in [2.24, 2.45) is 0 Å². The summed E-state index contributed by atoms with van der Waals surface area (Å²) in [6.45, 7) is 4.95. The zero-order valence-electron chi connectivity index (χ0n) is 16.5. The fourth-order valence-electron chi connectivity index (χ4n) is 3.58. The Kier molecular flexibility index (Phi) is 5.42. The van der Waals surface area contributed by atoms with Crippen molar-refractivity contribution < 1.29 is 18.0 Å². The number of fused-ring (bicyclic) bond motifs is 1. The summed E-state index contributed by atoms with van der Waals surface area (Å²) in [5.41, 5.74) is 3.04. The molecule has 0 unspecified atom stereocenters. The van der Waals surface area contributed by atoms with Crippen molar-refractivity contribution >= 4 is 16.9 Å². The van der Waals surface area contributed by atoms with Gasteiger partial charge < -0.3 is 4.90 Å². The molecule has 1 saturated heterocycles. The highest BCUT2D eigenvalue weighted by Crippen LogP contribution is 2.29. The fourth-order valence-corrected chi connectivity index (χ4v) is 3.58. The van der Waals surface area contributed by atoms with Gasteiger partial charge in [-0.1, -0.05) is 12.1 Å². The van der Waals surface area contributed by atoms with Gasteiger partial charge >= 0.3 is 6.18 Å². The zero-order valence-corrected chi connectivity index (χ0v) is 16.5. The molecule has 8 heteroatoms. The molecular weight excluding hydrogens is 393 g/mol. The van der Waals surface area contributed by atoms with Crippen molar-refractivity contribution in [3.63, 3.8) is 0 Å². The van der Waals surface area contributed by atoms with Crippen LogP contribution in [0.25, 0.3) is 11.0 Å². The fraction of sp³-hybridized carbons (Fsp3) is 0.318. The number of halogens is 3. The molecule has 30 heavy (non-hydrogen) atoms. The van der Waals surface area contributed by atoms with E-state index in [9.17, 15) is 18.0 Å². The Balaban J connectivity index is 1.38. The van der Waals surface area contributed by atoms with Crippen molar-refractivity contribution in [1.82, 2.24) is 19.8 Å². The van der Waals surface area contributed by atoms with E-state index in [1.807, 2.05) is 31.2 Å². The van der Waals surface area contributed by atoms with Gasteiger partial charge in [0.15, 0.2) is 0 Å². The van der Waals surface area contributed by atoms with Gasteiger partial charge in [0.25, 0.3) is 5.91 Å². The maximum absolute atomic E-state index is 12.7. The van der Waals surface area contributed by atoms with Gasteiger partial charge in [0.1, 0.15) is 0 Å². The Labute approximate surface area is 172 Å². The molecule has 1 fully saturated rings. The van der Waals surface area contributed by atoms with Gasteiger partial charge in [-0.05, 0) is 43.3 Å². The lowest BCUT2D eigenvalue weighted by atomic mass is 10.1. The largest absolute Gasteiger partial charge is 0.416 e. The molecule has 4 rings (SSSR count). The summed E-state index contributed by atoms with van der Waals surface area (Å²) >= 11 is 0. The van der Waals surface area contributed by atoms with E-state index in [1.54, 1.807) is 4.90 Å². The van der Waals surface area contributed by atoms with Crippen LogP contribution in [-0.4, -0.2) is 51.9 Å². The molecule has 0 aliphatic carbocycles. The van der Waals surface area contributed by atoms with Gasteiger partial charge in [-0.15, -0.1) is 0 Å². The number of piperazine rings is 1. The Hall–Kier alpha value is -3.00. The van der Waals surface area contributed by atoms with Crippen molar-refractivity contribution in [1.29, 1.82) is 0 Å². The Morgan fingerprint density at radius 1 is 0.933 bits per heavy atom. The molecule has 0 spiro atoms. The van der Waals surface area contributed by atoms with E-state index in [2.05, 4.69) is 9.88 Å². The highest BCUT2D eigenvalue weighted by atomic mass is 19.4. The number of carbonyl (C=O) groups is 1. The third kappa shape index (κ3) is 4.28. The number of rotatable bonds is 3. The molecule has 0 saturated carbocycles. The molecule has 0 atom stereocenters. The number of carbonyl (C=O) groups excluding carboxylic acids is 1. The van der Waals surface area contributed by atoms with E-state index in [0.29, 0.717) is 32.7 Å². The number of hydrogen-bond donors (Lipinski definition) is 0. The second-order valence-electron chi connectivity index (χ2n) is 7.39. The molecule has 5 nitrogen and oxygen atoms in total. The molecule has 2 aromatic carbocycles. The lowest BCUT2D eigenvalue weighted by Crippen LogP contribution is -2.48. The van der Waals surface area contributed by atoms with E-state index >= 15 is 0 Å². The SMILES string of the molecule is Cc1nc2ccccc2nc1CN1CCN(C(=O)c2ccc(C(F)(F)F)cc2)CC1. The average molecular weight is 414 g/mol. The number of nitrogens with zero attached hydrogens (tertiary/aromatic N) is 4. The minimum absolute atomic E-state index is 0.245. The predicted octanol–water partition coefficient (Wildman–Crippen LogP) is 3.92. The highest BCUT2D eigenvalue weighted by molar-refractivity contribution is 5.94. The van der Waals surface area contributed by atoms with Crippen LogP contribution in [0.1, 0.15) is 27.3 Å². The van der Waals surface area contributed by atoms with E-state index in [1.165, 1.54) is 12.1 Å². The summed E-state index contributed by atoms with van der Waals surface area (Å²) in [5, 5.41) is 0. The zero-order chi connectivity index (χ0) is 21.3. The monoisotopic (exact) mass is 414 g/mol. The summed E-state index contributed by atoms with van der Waals surface area (Å²) in [6.07, 6.45) is -4.41. The number of aromatic nitrogens is 2. The summed E-state index contributed by atoms with van der Waals surface area (Å²) in [4.78, 5) is 25.9. The molecular formula is C22H21F3N4O. The van der Waals surface area contributed by atoms with Crippen molar-refractivity contribution in [3.05, 3.63) is 71.0 Å². The molecule has 0 bridgehead atoms. The molecule has 1 aliphatic rings. The lowest BCUT2D eigenvalue weighted by Gasteiger charge is -2.34. The second kappa shape index (κ2) is 8.02. The minimum atomic E-state index is -4.41. The Bertz CT molecular complexity index is 1060. The van der Waals surface area contributed by atoms with Gasteiger partial charge in [-0.25, -0.2) is 9.97 Å². The van der Waals surface area contributed by atoms with E-state index in [4.69, 9.17) is 4.98 Å². The van der Waals surface area contributed by atoms with Crippen LogP contribution in [0.5, 0.6) is 0 Å². The molecule has 156 valence electrons. The topological polar surface area (TPSA) is 49.3 Å². The van der Waals surface area contributed by atoms with E-state index < -0.39 is 11.7 Å². The first-order valence-electron chi connectivity index (χ1n) is 9.72. The van der Waals surface area contributed by atoms with Crippen LogP contribution in [-0.2, 0) is 12.7 Å². The van der Waals surface area contributed by atoms with Crippen molar-refractivity contribution in [3.8, 4) is 0 Å². The van der Waals surface area contributed by atoms with Gasteiger partial charge in [0, 0.05) is 38.3 Å². The lowest BCUT2D eigenvalue weighted by molar-refractivity contribution is -0.137. The number of hydrogen-bond acceptors (Lipinski definition) is 4.